The number of benzene rings is 9. The van der Waals surface area contributed by atoms with Gasteiger partial charge < -0.3 is 4.42 Å². The molecule has 0 aliphatic carbocycles. The number of hydrogen-bond donors (Lipinski definition) is 0. The van der Waals surface area contributed by atoms with Crippen molar-refractivity contribution >= 4 is 54.3 Å². The fourth-order valence-electron chi connectivity index (χ4n) is 5.83. The summed E-state index contributed by atoms with van der Waals surface area (Å²) in [7, 11) is 0. The van der Waals surface area contributed by atoms with E-state index in [1.165, 1.54) is 0 Å². The minimum atomic E-state index is -1.18. The predicted molar refractivity (Wildman–Crippen MR) is 208 cm³/mol. The molecule has 1 aromatic heterocycles. The minimum absolute atomic E-state index is 0.423. The molecule has 0 bridgehead atoms. The van der Waals surface area contributed by atoms with Gasteiger partial charge in [0, 0.05) is 10.8 Å². The molecule has 1 nitrogen and oxygen atoms in total. The summed E-state index contributed by atoms with van der Waals surface area (Å²) in [6, 6.07) is -29.2. The molecule has 49 heavy (non-hydrogen) atoms. The van der Waals surface area contributed by atoms with Gasteiger partial charge in [0.05, 0.1) is 41.1 Å². The highest BCUT2D eigenvalue weighted by molar-refractivity contribution is 6.23. The first-order valence-corrected chi connectivity index (χ1v) is 14.4. The van der Waals surface area contributed by atoms with E-state index in [1.54, 1.807) is 0 Å². The van der Waals surface area contributed by atoms with Crippen LogP contribution in [0.3, 0.4) is 0 Å². The molecule has 0 spiro atoms. The molecule has 0 unspecified atom stereocenters. The monoisotopic (exact) mass is 652 g/mol. The molecule has 0 N–H and O–H groups in total. The summed E-state index contributed by atoms with van der Waals surface area (Å²) < 4.78 is 276. The summed E-state index contributed by atoms with van der Waals surface area (Å²) >= 11 is 0. The lowest BCUT2D eigenvalue weighted by atomic mass is 9.85. The van der Waals surface area contributed by atoms with Crippen molar-refractivity contribution in [2.75, 3.05) is 0 Å². The maximum atomic E-state index is 9.91. The van der Waals surface area contributed by atoms with Gasteiger partial charge in [0.25, 0.3) is 0 Å². The molecule has 10 aromatic rings. The van der Waals surface area contributed by atoms with Crippen molar-refractivity contribution in [2.45, 2.75) is 0 Å². The zero-order valence-corrected chi connectivity index (χ0v) is 24.4. The highest BCUT2D eigenvalue weighted by atomic mass is 16.3. The van der Waals surface area contributed by atoms with Crippen molar-refractivity contribution in [2.24, 2.45) is 0 Å². The fraction of sp³-hybridized carbons (Fsp3) is 0. The van der Waals surface area contributed by atoms with Gasteiger partial charge in [0.1, 0.15) is 11.2 Å². The van der Waals surface area contributed by atoms with Crippen molar-refractivity contribution in [1.29, 1.82) is 0 Å². The molecule has 0 amide bonds. The van der Waals surface area contributed by atoms with Crippen LogP contribution in [0.25, 0.3) is 98.8 Å². The van der Waals surface area contributed by atoms with Crippen LogP contribution >= 0.6 is 0 Å². The van der Waals surface area contributed by atoms with Crippen molar-refractivity contribution in [3.8, 4) is 44.5 Å². The molecule has 0 fully saturated rings. The van der Waals surface area contributed by atoms with Crippen molar-refractivity contribution in [3.63, 3.8) is 0 Å². The third-order valence-electron chi connectivity index (χ3n) is 7.89. The molecular formula is C48H30O. The highest BCUT2D eigenvalue weighted by Gasteiger charge is 2.19. The Kier molecular flexibility index (Phi) is 2.50. The molecule has 228 valence electrons. The average Bonchev–Trinajstić information content (AvgIpc) is 4.09. The van der Waals surface area contributed by atoms with Crippen molar-refractivity contribution in [3.05, 3.63) is 181 Å². The van der Waals surface area contributed by atoms with Gasteiger partial charge in [-0.05, 0) is 95.0 Å². The second-order valence-corrected chi connectivity index (χ2v) is 10.5. The largest absolute Gasteiger partial charge is 0.456 e. The van der Waals surface area contributed by atoms with Crippen LogP contribution in [0.2, 0.25) is 0 Å². The van der Waals surface area contributed by atoms with Crippen LogP contribution in [-0.2, 0) is 0 Å². The molecule has 0 radical (unpaired) electrons. The lowest BCUT2D eigenvalue weighted by Gasteiger charge is -2.18. The molecule has 1 heteroatoms. The Hall–Kier alpha value is -6.44. The quantitative estimate of drug-likeness (QED) is 0.172. The van der Waals surface area contributed by atoms with Gasteiger partial charge >= 0.3 is 0 Å². The van der Waals surface area contributed by atoms with E-state index in [0.29, 0.717) is 0 Å². The second kappa shape index (κ2) is 11.1. The van der Waals surface area contributed by atoms with E-state index in [-0.39, 0.29) is 0 Å². The second-order valence-electron chi connectivity index (χ2n) is 10.5. The van der Waals surface area contributed by atoms with Crippen LogP contribution < -0.4 is 0 Å². The summed E-state index contributed by atoms with van der Waals surface area (Å²) in [5, 5.41) is -5.08. The maximum absolute atomic E-state index is 9.91. The topological polar surface area (TPSA) is 13.1 Å². The molecule has 10 rings (SSSR count). The van der Waals surface area contributed by atoms with Crippen molar-refractivity contribution < 1.29 is 45.5 Å². The van der Waals surface area contributed by atoms with Gasteiger partial charge in [-0.15, -0.1) is 0 Å². The molecular weight excluding hydrogens is 593 g/mol. The third-order valence-corrected chi connectivity index (χ3v) is 7.89. The van der Waals surface area contributed by atoms with Crippen LogP contribution in [0.15, 0.2) is 186 Å². The number of hydrogen-bond acceptors (Lipinski definition) is 1. The molecule has 0 aliphatic heterocycles. The van der Waals surface area contributed by atoms with E-state index in [4.69, 9.17) is 30.5 Å². The molecule has 0 aliphatic rings. The Morgan fingerprint density at radius 3 is 1.45 bits per heavy atom. The van der Waals surface area contributed by atoms with Gasteiger partial charge in [-0.2, -0.15) is 0 Å². The first-order valence-electron chi connectivity index (χ1n) is 29.4. The van der Waals surface area contributed by atoms with E-state index >= 15 is 0 Å². The maximum Gasteiger partial charge on any atom is 0.136 e. The summed E-state index contributed by atoms with van der Waals surface area (Å²) in [4.78, 5) is 0. The Morgan fingerprint density at radius 2 is 0.796 bits per heavy atom. The Bertz CT molecular complexity index is 4460. The molecule has 0 saturated carbocycles. The number of furan rings is 1. The lowest BCUT2D eigenvalue weighted by Crippen LogP contribution is -1.91. The summed E-state index contributed by atoms with van der Waals surface area (Å²) in [6.45, 7) is 0. The van der Waals surface area contributed by atoms with E-state index < -0.39 is 280 Å². The number of rotatable bonds is 4. The lowest BCUT2D eigenvalue weighted by molar-refractivity contribution is 0.669. The minimum Gasteiger partial charge on any atom is -0.456 e. The molecule has 9 aromatic carbocycles. The smallest absolute Gasteiger partial charge is 0.136 e. The predicted octanol–water partition coefficient (Wildman–Crippen LogP) is 13.7. The molecule has 1 heterocycles. The molecule has 0 atom stereocenters. The van der Waals surface area contributed by atoms with Crippen LogP contribution in [0.1, 0.15) is 41.1 Å². The fourth-order valence-corrected chi connectivity index (χ4v) is 5.83. The van der Waals surface area contributed by atoms with E-state index in [9.17, 15) is 15.1 Å². The van der Waals surface area contributed by atoms with Crippen LogP contribution in [0.5, 0.6) is 0 Å². The molecule has 0 saturated heterocycles. The van der Waals surface area contributed by atoms with Gasteiger partial charge in [-0.1, -0.05) is 163 Å². The summed E-state index contributed by atoms with van der Waals surface area (Å²) in [6.07, 6.45) is 0. The van der Waals surface area contributed by atoms with Crippen molar-refractivity contribution in [1.82, 2.24) is 0 Å². The number of fused-ring (bicyclic) bond motifs is 7. The zero-order valence-electron chi connectivity index (χ0n) is 54.4. The zero-order chi connectivity index (χ0) is 58.4. The highest BCUT2D eigenvalue weighted by Crippen LogP contribution is 2.45. The normalized spacial score (nSPS) is 20.2. The van der Waals surface area contributed by atoms with E-state index in [2.05, 4.69) is 0 Å². The van der Waals surface area contributed by atoms with Gasteiger partial charge in [-0.3, -0.25) is 0 Å². The van der Waals surface area contributed by atoms with Gasteiger partial charge in [0.2, 0.25) is 0 Å². The SMILES string of the molecule is [2H]c1c([2H])c([2H])c(-c2c([2H])c([2H])c([2H])c([2H])c2-c2c([2H])c([2H])c(-c3c4c([2H])c([2H])c([2H])c([2H])c4c(-c4c([2H])c([2H])c5oc6c([2H])c([2H])c7c([2H])c([2H])c([2H])c([2H])c7c6c5c4[2H])c4c([2H])c([2H])c([2H])c([2H])c34)c([2H])c2[2H])c([2H])c1[2H]. The van der Waals surface area contributed by atoms with Crippen LogP contribution in [-0.4, -0.2) is 0 Å². The van der Waals surface area contributed by atoms with Crippen LogP contribution in [0, 0.1) is 0 Å². The Morgan fingerprint density at radius 1 is 0.327 bits per heavy atom. The standard InChI is InChI=1S/C48H30O/c1-2-12-31(13-3-1)36-15-6-7-16-37(36)33-22-24-34(25-23-33)46-39-18-8-10-20-41(39)47(42-21-11-9-19-40(42)46)35-27-28-44-43(30-35)48-38-17-5-4-14-32(38)26-29-45(48)49-44/h1-30H/i1D,2D,3D,4D,5D,6D,7D,8D,9D,10D,11D,12D,13D,14D,15D,16D,17D,18D,19D,20D,21D,22D,23D,24D,25D,26D,27D,28D,29D,30D. The van der Waals surface area contributed by atoms with E-state index in [1.807, 2.05) is 0 Å². The van der Waals surface area contributed by atoms with Gasteiger partial charge in [0.15, 0.2) is 0 Å². The Labute approximate surface area is 326 Å². The van der Waals surface area contributed by atoms with E-state index in [0.717, 1.165) is 0 Å². The first-order chi connectivity index (χ1) is 36.8. The summed E-state index contributed by atoms with van der Waals surface area (Å²) in [5.74, 6) is 0. The third kappa shape index (κ3) is 4.40. The Balaban J connectivity index is 1.45. The summed E-state index contributed by atoms with van der Waals surface area (Å²) in [5.41, 5.74) is -7.97. The average molecular weight is 653 g/mol. The van der Waals surface area contributed by atoms with Crippen LogP contribution in [0.4, 0.5) is 0 Å². The first kappa shape index (κ1) is 11.1. The van der Waals surface area contributed by atoms with Gasteiger partial charge in [-0.25, -0.2) is 0 Å².